The molecule has 0 aliphatic carbocycles. The topological polar surface area (TPSA) is 127 Å². The van der Waals surface area contributed by atoms with E-state index in [9.17, 15) is 24.3 Å². The lowest BCUT2D eigenvalue weighted by molar-refractivity contribution is -0.156. The highest BCUT2D eigenvalue weighted by molar-refractivity contribution is 6.42. The number of Topliss-reactive ketones (excluding diaryl/α,β-unsaturated/α-hetero) is 2. The second-order valence-electron chi connectivity index (χ2n) is 5.46. The molecule has 140 valence electrons. The van der Waals surface area contributed by atoms with Crippen LogP contribution >= 0.6 is 23.2 Å². The summed E-state index contributed by atoms with van der Waals surface area (Å²) in [5.74, 6) is -3.33. The lowest BCUT2D eigenvalue weighted by Crippen LogP contribution is -2.38. The van der Waals surface area contributed by atoms with Crippen molar-refractivity contribution >= 4 is 46.7 Å². The summed E-state index contributed by atoms with van der Waals surface area (Å²) in [6.45, 7) is -0.629. The Kier molecular flexibility index (Phi) is 6.71. The van der Waals surface area contributed by atoms with Crippen LogP contribution in [-0.2, 0) is 23.9 Å². The van der Waals surface area contributed by atoms with Crippen LogP contribution in [-0.4, -0.2) is 58.6 Å². The maximum atomic E-state index is 12.0. The zero-order valence-electron chi connectivity index (χ0n) is 13.2. The van der Waals surface area contributed by atoms with E-state index in [0.717, 1.165) is 0 Å². The van der Waals surface area contributed by atoms with Gasteiger partial charge in [-0.3, -0.25) is 14.4 Å². The SMILES string of the molecule is O=C(CCC(=O)c1ccc(Cl)c(Cl)c1)OC[C@H](O)[C@H]1OC(=O)C(O)C1=O. The highest BCUT2D eigenvalue weighted by Crippen LogP contribution is 2.23. The van der Waals surface area contributed by atoms with Crippen molar-refractivity contribution in [1.29, 1.82) is 0 Å². The second kappa shape index (κ2) is 8.59. The molecular formula is C16H14Cl2O8. The van der Waals surface area contributed by atoms with E-state index in [0.29, 0.717) is 5.02 Å². The van der Waals surface area contributed by atoms with Gasteiger partial charge in [-0.2, -0.15) is 0 Å². The average molecular weight is 405 g/mol. The largest absolute Gasteiger partial charge is 0.463 e. The van der Waals surface area contributed by atoms with Gasteiger partial charge in [-0.1, -0.05) is 23.2 Å². The Hall–Kier alpha value is -2.00. The molecule has 1 fully saturated rings. The normalized spacial score (nSPS) is 20.6. The predicted octanol–water partition coefficient (Wildman–Crippen LogP) is 0.716. The molecule has 8 nitrogen and oxygen atoms in total. The zero-order chi connectivity index (χ0) is 19.4. The Morgan fingerprint density at radius 1 is 1.19 bits per heavy atom. The molecule has 0 bridgehead atoms. The van der Waals surface area contributed by atoms with Crippen LogP contribution in [0.25, 0.3) is 0 Å². The first-order valence-electron chi connectivity index (χ1n) is 7.45. The van der Waals surface area contributed by atoms with E-state index in [1.54, 1.807) is 0 Å². The van der Waals surface area contributed by atoms with Crippen LogP contribution in [0.3, 0.4) is 0 Å². The van der Waals surface area contributed by atoms with Crippen LogP contribution in [0, 0.1) is 0 Å². The van der Waals surface area contributed by atoms with Crippen molar-refractivity contribution in [2.45, 2.75) is 31.2 Å². The molecule has 2 rings (SSSR count). The Labute approximate surface area is 157 Å². The summed E-state index contributed by atoms with van der Waals surface area (Å²) in [6, 6.07) is 4.31. The smallest absolute Gasteiger partial charge is 0.343 e. The highest BCUT2D eigenvalue weighted by Gasteiger charge is 2.46. The molecule has 0 saturated carbocycles. The van der Waals surface area contributed by atoms with Gasteiger partial charge in [0.25, 0.3) is 0 Å². The number of hydrogen-bond donors (Lipinski definition) is 2. The van der Waals surface area contributed by atoms with Gasteiger partial charge in [0, 0.05) is 12.0 Å². The van der Waals surface area contributed by atoms with Gasteiger partial charge in [0.15, 0.2) is 11.9 Å². The maximum Gasteiger partial charge on any atom is 0.343 e. The second-order valence-corrected chi connectivity index (χ2v) is 6.28. The van der Waals surface area contributed by atoms with Crippen LogP contribution in [0.5, 0.6) is 0 Å². The van der Waals surface area contributed by atoms with Gasteiger partial charge in [-0.05, 0) is 18.2 Å². The molecule has 2 N–H and O–H groups in total. The van der Waals surface area contributed by atoms with Gasteiger partial charge < -0.3 is 19.7 Å². The molecule has 1 aromatic rings. The first-order valence-corrected chi connectivity index (χ1v) is 8.20. The Morgan fingerprint density at radius 3 is 2.46 bits per heavy atom. The van der Waals surface area contributed by atoms with Crippen molar-refractivity contribution in [1.82, 2.24) is 0 Å². The fourth-order valence-corrected chi connectivity index (χ4v) is 2.45. The number of carbonyl (C=O) groups is 4. The van der Waals surface area contributed by atoms with Crippen molar-refractivity contribution in [3.05, 3.63) is 33.8 Å². The number of esters is 2. The molecule has 1 aliphatic heterocycles. The van der Waals surface area contributed by atoms with Crippen LogP contribution in [0.1, 0.15) is 23.2 Å². The molecule has 0 radical (unpaired) electrons. The minimum absolute atomic E-state index is 0.164. The van der Waals surface area contributed by atoms with Gasteiger partial charge in [-0.15, -0.1) is 0 Å². The third kappa shape index (κ3) is 4.79. The number of aliphatic hydroxyl groups is 2. The zero-order valence-corrected chi connectivity index (χ0v) is 14.7. The van der Waals surface area contributed by atoms with Gasteiger partial charge >= 0.3 is 11.9 Å². The van der Waals surface area contributed by atoms with Gasteiger partial charge in [0.05, 0.1) is 16.5 Å². The number of carbonyl (C=O) groups excluding carboxylic acids is 4. The number of rotatable bonds is 7. The monoisotopic (exact) mass is 404 g/mol. The fourth-order valence-electron chi connectivity index (χ4n) is 2.15. The van der Waals surface area contributed by atoms with Crippen molar-refractivity contribution in [2.24, 2.45) is 0 Å². The first-order chi connectivity index (χ1) is 12.2. The third-order valence-corrected chi connectivity index (χ3v) is 4.32. The van der Waals surface area contributed by atoms with Crippen LogP contribution in [0.15, 0.2) is 18.2 Å². The molecule has 0 aromatic heterocycles. The first kappa shape index (κ1) is 20.3. The van der Waals surface area contributed by atoms with Gasteiger partial charge in [-0.25, -0.2) is 4.79 Å². The summed E-state index contributed by atoms with van der Waals surface area (Å²) in [5, 5.41) is 19.4. The highest BCUT2D eigenvalue weighted by atomic mass is 35.5. The molecule has 1 aliphatic rings. The molecule has 1 unspecified atom stereocenters. The maximum absolute atomic E-state index is 12.0. The van der Waals surface area contributed by atoms with Crippen molar-refractivity contribution in [3.63, 3.8) is 0 Å². The molecule has 0 spiro atoms. The van der Waals surface area contributed by atoms with E-state index in [-0.39, 0.29) is 29.2 Å². The summed E-state index contributed by atoms with van der Waals surface area (Å²) in [6.07, 6.45) is -5.59. The van der Waals surface area contributed by atoms with Crippen LogP contribution in [0.2, 0.25) is 10.0 Å². The van der Waals surface area contributed by atoms with Crippen molar-refractivity contribution < 1.29 is 38.9 Å². The average Bonchev–Trinajstić information content (AvgIpc) is 2.87. The molecule has 1 aromatic carbocycles. The summed E-state index contributed by atoms with van der Waals surface area (Å²) >= 11 is 11.6. The number of hydrogen-bond acceptors (Lipinski definition) is 8. The fraction of sp³-hybridized carbons (Fsp3) is 0.375. The number of aliphatic hydroxyl groups excluding tert-OH is 2. The summed E-state index contributed by atoms with van der Waals surface area (Å²) in [4.78, 5) is 46.1. The molecular weight excluding hydrogens is 391 g/mol. The Morgan fingerprint density at radius 2 is 1.88 bits per heavy atom. The summed E-state index contributed by atoms with van der Waals surface area (Å²) in [7, 11) is 0. The van der Waals surface area contributed by atoms with E-state index in [1.165, 1.54) is 18.2 Å². The van der Waals surface area contributed by atoms with E-state index < -0.39 is 42.6 Å². The molecule has 1 heterocycles. The molecule has 1 saturated heterocycles. The molecule has 0 amide bonds. The van der Waals surface area contributed by atoms with Crippen LogP contribution in [0.4, 0.5) is 0 Å². The Balaban J connectivity index is 1.78. The quantitative estimate of drug-likeness (QED) is 0.386. The number of ether oxygens (including phenoxy) is 2. The molecule has 10 heteroatoms. The van der Waals surface area contributed by atoms with E-state index in [1.807, 2.05) is 0 Å². The Bertz CT molecular complexity index is 748. The summed E-state index contributed by atoms with van der Waals surface area (Å²) in [5.41, 5.74) is 0.282. The van der Waals surface area contributed by atoms with Crippen molar-refractivity contribution in [3.8, 4) is 0 Å². The minimum atomic E-state index is -1.95. The molecule has 26 heavy (non-hydrogen) atoms. The third-order valence-electron chi connectivity index (χ3n) is 3.58. The van der Waals surface area contributed by atoms with Gasteiger partial charge in [0.1, 0.15) is 12.7 Å². The van der Waals surface area contributed by atoms with E-state index in [2.05, 4.69) is 4.74 Å². The number of cyclic esters (lactones) is 1. The van der Waals surface area contributed by atoms with E-state index >= 15 is 0 Å². The lowest BCUT2D eigenvalue weighted by atomic mass is 10.1. The standard InChI is InChI=1S/C16H14Cl2O8/c17-8-2-1-7(5-9(8)18)10(19)3-4-12(21)25-6-11(20)15-13(22)14(23)16(24)26-15/h1-2,5,11,14-15,20,23H,3-4,6H2/t11-,14?,15+/m0/s1. The summed E-state index contributed by atoms with van der Waals surface area (Å²) < 4.78 is 9.25. The number of halogens is 2. The number of ketones is 2. The number of benzene rings is 1. The molecule has 3 atom stereocenters. The van der Waals surface area contributed by atoms with Crippen molar-refractivity contribution in [2.75, 3.05) is 6.61 Å². The van der Waals surface area contributed by atoms with E-state index in [4.69, 9.17) is 33.0 Å². The predicted molar refractivity (Wildman–Crippen MR) is 87.9 cm³/mol. The minimum Gasteiger partial charge on any atom is -0.463 e. The van der Waals surface area contributed by atoms with Gasteiger partial charge in [0.2, 0.25) is 11.9 Å². The van der Waals surface area contributed by atoms with Crippen LogP contribution < -0.4 is 0 Å². The lowest BCUT2D eigenvalue weighted by Gasteiger charge is -2.15.